The van der Waals surface area contributed by atoms with Gasteiger partial charge in [0.15, 0.2) is 6.29 Å². The van der Waals surface area contributed by atoms with E-state index in [1.807, 2.05) is 0 Å². The first-order valence-electron chi connectivity index (χ1n) is 25.0. The summed E-state index contributed by atoms with van der Waals surface area (Å²) in [6, 6.07) is -0.117. The van der Waals surface area contributed by atoms with Gasteiger partial charge in [-0.2, -0.15) is 0 Å². The molecule has 5 fully saturated rings. The van der Waals surface area contributed by atoms with Crippen LogP contribution in [0, 0.1) is 16.4 Å². The van der Waals surface area contributed by atoms with E-state index in [-0.39, 0.29) is 58.6 Å². The molecule has 5 aromatic rings. The first-order valence-corrected chi connectivity index (χ1v) is 27.3. The molecule has 0 radical (unpaired) electrons. The van der Waals surface area contributed by atoms with Crippen LogP contribution in [-0.2, 0) is 28.4 Å². The lowest BCUT2D eigenvalue weighted by molar-refractivity contribution is -0.312. The second-order valence-corrected chi connectivity index (χ2v) is 22.6. The lowest BCUT2D eigenvalue weighted by Crippen LogP contribution is -2.69. The normalized spacial score (nSPS) is 30.6. The number of halogens is 3. The number of hydrogen-bond acceptors (Lipinski definition) is 21. The lowest BCUT2D eigenvalue weighted by atomic mass is 9.69. The number of aryl methyl sites for hydroxylation is 1. The van der Waals surface area contributed by atoms with Gasteiger partial charge in [-0.25, -0.2) is 24.0 Å². The summed E-state index contributed by atoms with van der Waals surface area (Å²) in [6.45, 7) is 1.38. The highest BCUT2D eigenvalue weighted by atomic mass is 127. The van der Waals surface area contributed by atoms with Crippen molar-refractivity contribution < 1.29 is 48.8 Å². The SMILES string of the molecule is Cc1cn([C@H]2C[C@H](C(O)[C@H]3O[C@@H](n4ccc(=O)[nH]c4=O)C[C@@H]3N)[C@](C(OC(O)[C@@H]3CC[C@H](n4cc(I)c(=O)[nH]c4=O)O3)C(O)[C@@H]3CC[C@H](n4cc(Br)c(=O)[nH]c4=O)O3)(C(O)[C@@H]3CC[C@H](n4cc(Cl)c(=O)[nH]c4=O)O3)O2)c(=O)[nH]c1=O. The number of nitrogens with zero attached hydrogens (tertiary/aromatic N) is 5. The summed E-state index contributed by atoms with van der Waals surface area (Å²) in [6.07, 6.45) is -18.5. The summed E-state index contributed by atoms with van der Waals surface area (Å²) in [4.78, 5) is 139. The zero-order chi connectivity index (χ0) is 57.4. The first-order chi connectivity index (χ1) is 37.9. The van der Waals surface area contributed by atoms with Crippen LogP contribution >= 0.6 is 50.1 Å². The number of rotatable bonds is 15. The highest BCUT2D eigenvalue weighted by molar-refractivity contribution is 14.1. The monoisotopic (exact) mass is 1320 g/mol. The second kappa shape index (κ2) is 22.7. The van der Waals surface area contributed by atoms with Crippen LogP contribution < -0.4 is 62.0 Å². The van der Waals surface area contributed by atoms with Gasteiger partial charge in [0.05, 0.1) is 26.4 Å². The van der Waals surface area contributed by atoms with Crippen LogP contribution in [0.2, 0.25) is 5.02 Å². The summed E-state index contributed by atoms with van der Waals surface area (Å²) in [7, 11) is 0. The maximum absolute atomic E-state index is 13.9. The fourth-order valence-electron chi connectivity index (χ4n) is 11.4. The Morgan fingerprint density at radius 1 is 0.650 bits per heavy atom. The molecule has 0 spiro atoms. The molecule has 31 nitrogen and oxygen atoms in total. The first kappa shape index (κ1) is 57.7. The van der Waals surface area contributed by atoms with Crippen LogP contribution in [0.1, 0.15) is 88.1 Å². The third-order valence-corrected chi connectivity index (χ3v) is 16.9. The van der Waals surface area contributed by atoms with Crippen molar-refractivity contribution in [3.8, 4) is 0 Å². The van der Waals surface area contributed by atoms with Crippen LogP contribution in [0.3, 0.4) is 0 Å². The van der Waals surface area contributed by atoms with E-state index in [1.165, 1.54) is 19.3 Å². The maximum Gasteiger partial charge on any atom is 0.330 e. The van der Waals surface area contributed by atoms with Crippen molar-refractivity contribution >= 4 is 50.1 Å². The van der Waals surface area contributed by atoms with Crippen LogP contribution in [0.15, 0.2) is 89.5 Å². The van der Waals surface area contributed by atoms with Crippen molar-refractivity contribution in [1.29, 1.82) is 0 Å². The molecule has 10 rings (SSSR count). The van der Waals surface area contributed by atoms with E-state index in [9.17, 15) is 68.4 Å². The zero-order valence-electron chi connectivity index (χ0n) is 41.6. The van der Waals surface area contributed by atoms with Gasteiger partial charge in [-0.15, -0.1) is 0 Å². The molecule has 5 aromatic heterocycles. The molecule has 80 heavy (non-hydrogen) atoms. The number of aromatic amines is 5. The Morgan fingerprint density at radius 3 is 1.85 bits per heavy atom. The fourth-order valence-corrected chi connectivity index (χ4v) is 12.3. The summed E-state index contributed by atoms with van der Waals surface area (Å²) >= 11 is 11.0. The number of ether oxygens (including phenoxy) is 6. The van der Waals surface area contributed by atoms with Gasteiger partial charge in [0, 0.05) is 67.4 Å². The van der Waals surface area contributed by atoms with E-state index in [4.69, 9.17) is 45.8 Å². The maximum atomic E-state index is 13.9. The molecule has 432 valence electrons. The number of aliphatic hydroxyl groups excluding tert-OH is 4. The van der Waals surface area contributed by atoms with Gasteiger partial charge in [-0.05, 0) is 84.0 Å². The van der Waals surface area contributed by atoms with Crippen molar-refractivity contribution in [3.05, 3.63) is 160 Å². The topological polar surface area (TPSA) is 437 Å². The average Bonchev–Trinajstić information content (AvgIpc) is 4.35. The van der Waals surface area contributed by atoms with Gasteiger partial charge in [0.1, 0.15) is 72.3 Å². The number of hydrogen-bond donors (Lipinski definition) is 10. The van der Waals surface area contributed by atoms with Crippen molar-refractivity contribution in [1.82, 2.24) is 47.8 Å². The summed E-state index contributed by atoms with van der Waals surface area (Å²) < 4.78 is 44.0. The molecule has 0 bridgehead atoms. The minimum absolute atomic E-state index is 0.00679. The molecular formula is C46H52BrClIN11O20. The molecule has 5 aliphatic heterocycles. The van der Waals surface area contributed by atoms with Gasteiger partial charge in [-0.3, -0.25) is 71.7 Å². The molecule has 5 saturated heterocycles. The standard InChI is InChI=1S/C46H52BrClIN11O20/c1-16-12-57(42(71)52-36(16)65)30-10-17(31(62)33-21(50)11-29(78-33)56-9-8-25(61)51-41(56)70)46(80-30,34(64)23-3-6-27(76-23)59-14-19(48)38(67)54-44(59)73)35(32(63)22-2-5-26(75-22)58-13-18(47)37(66)53-43(58)72)79-40(69)24-4-7-28(77-24)60-15-20(49)39(68)55-45(60)74/h8-9,12-15,17,21-24,26-35,40,62-64,69H,2-7,10-11,50H2,1H3,(H,51,61,70)(H,52,65,71)(H,53,66,72)(H,54,67,73)(H,55,68,74)/t17-,21+,22+,23+,24+,26-,27-,28-,29-,30-,31?,32?,33+,34?,35?,40?,46-/m1/s1. The van der Waals surface area contributed by atoms with Gasteiger partial charge in [0.2, 0.25) is 0 Å². The van der Waals surface area contributed by atoms with Crippen molar-refractivity contribution in [3.63, 3.8) is 0 Å². The van der Waals surface area contributed by atoms with Gasteiger partial charge in [-0.1, -0.05) is 11.6 Å². The number of H-pyrrole nitrogens is 5. The van der Waals surface area contributed by atoms with Crippen molar-refractivity contribution in [2.24, 2.45) is 11.7 Å². The zero-order valence-corrected chi connectivity index (χ0v) is 46.1. The van der Waals surface area contributed by atoms with Gasteiger partial charge in [0.25, 0.3) is 27.8 Å². The number of aliphatic hydroxyl groups is 4. The predicted molar refractivity (Wildman–Crippen MR) is 283 cm³/mol. The highest BCUT2D eigenvalue weighted by Gasteiger charge is 2.68. The van der Waals surface area contributed by atoms with Crippen LogP contribution in [-0.4, -0.2) is 135 Å². The minimum atomic E-state index is -2.75. The van der Waals surface area contributed by atoms with Gasteiger partial charge < -0.3 is 54.6 Å². The highest BCUT2D eigenvalue weighted by Crippen LogP contribution is 2.54. The largest absolute Gasteiger partial charge is 0.390 e. The van der Waals surface area contributed by atoms with E-state index in [0.29, 0.717) is 0 Å². The predicted octanol–water partition coefficient (Wildman–Crippen LogP) is -3.23. The molecule has 5 aliphatic rings. The summed E-state index contributed by atoms with van der Waals surface area (Å²) in [5, 5.41) is 51.8. The van der Waals surface area contributed by atoms with Gasteiger partial charge >= 0.3 is 28.4 Å². The molecule has 0 aromatic carbocycles. The Hall–Kier alpha value is -5.54. The average molecular weight is 1320 g/mol. The molecule has 34 heteroatoms. The van der Waals surface area contributed by atoms with Crippen molar-refractivity contribution in [2.45, 2.75) is 156 Å². The summed E-state index contributed by atoms with van der Waals surface area (Å²) in [5.74, 6) is -1.72. The Bertz CT molecular complexity index is 3820. The van der Waals surface area contributed by atoms with Crippen LogP contribution in [0.4, 0.5) is 0 Å². The third-order valence-electron chi connectivity index (χ3n) is 15.3. The molecular weight excluding hydrogens is 1270 g/mol. The second-order valence-electron chi connectivity index (χ2n) is 20.1. The smallest absolute Gasteiger partial charge is 0.330 e. The Morgan fingerprint density at radius 2 is 1.19 bits per heavy atom. The van der Waals surface area contributed by atoms with E-state index >= 15 is 0 Å². The van der Waals surface area contributed by atoms with E-state index in [0.717, 1.165) is 47.5 Å². The van der Waals surface area contributed by atoms with Crippen molar-refractivity contribution in [2.75, 3.05) is 0 Å². The minimum Gasteiger partial charge on any atom is -0.390 e. The summed E-state index contributed by atoms with van der Waals surface area (Å²) in [5.41, 5.74) is -4.47. The van der Waals surface area contributed by atoms with E-state index < -0.39 is 172 Å². The Balaban J connectivity index is 1.13. The van der Waals surface area contributed by atoms with Crippen LogP contribution in [0.5, 0.6) is 0 Å². The molecule has 0 aliphatic carbocycles. The molecule has 11 N–H and O–H groups in total. The molecule has 5 unspecified atom stereocenters. The van der Waals surface area contributed by atoms with E-state index in [2.05, 4.69) is 40.8 Å². The molecule has 0 amide bonds. The molecule has 10 heterocycles. The number of nitrogens with one attached hydrogen (secondary N) is 5. The van der Waals surface area contributed by atoms with Crippen LogP contribution in [0.25, 0.3) is 0 Å². The lowest BCUT2D eigenvalue weighted by Gasteiger charge is -2.50. The molecule has 0 saturated carbocycles. The fraction of sp³-hybridized carbons (Fsp3) is 0.565. The Kier molecular flexibility index (Phi) is 16.3. The molecule has 17 atom stereocenters. The van der Waals surface area contributed by atoms with E-state index in [1.54, 1.807) is 22.6 Å². The number of nitrogens with two attached hydrogens (primary N) is 1. The quantitative estimate of drug-likeness (QED) is 0.0364. The number of aromatic nitrogens is 10. The Labute approximate surface area is 472 Å². The third kappa shape index (κ3) is 10.8.